The number of carbonyl (C=O) groups excluding carboxylic acids is 1. The molecule has 0 aliphatic carbocycles. The highest BCUT2D eigenvalue weighted by Gasteiger charge is 2.24. The van der Waals surface area contributed by atoms with Gasteiger partial charge in [0, 0.05) is 12.7 Å². The minimum atomic E-state index is -0.851. The molecular weight excluding hydrogens is 196 g/mol. The molecule has 4 nitrogen and oxygen atoms in total. The molecule has 0 saturated carbocycles. The van der Waals surface area contributed by atoms with Crippen LogP contribution in [0, 0.1) is 0 Å². The molecule has 1 aromatic rings. The fourth-order valence-electron chi connectivity index (χ4n) is 1.27. The largest absolute Gasteiger partial charge is 0.465 e. The van der Waals surface area contributed by atoms with Gasteiger partial charge in [-0.05, 0) is 24.3 Å². The molecule has 0 fully saturated rings. The van der Waals surface area contributed by atoms with E-state index in [0.29, 0.717) is 11.3 Å². The summed E-state index contributed by atoms with van der Waals surface area (Å²) < 4.78 is 14.9. The molecule has 0 bridgehead atoms. The highest BCUT2D eigenvalue weighted by molar-refractivity contribution is 6.04. The second-order valence-electron chi connectivity index (χ2n) is 2.99. The van der Waals surface area contributed by atoms with Gasteiger partial charge in [0.05, 0.1) is 12.5 Å². The Hall–Kier alpha value is -1.81. The van der Waals surface area contributed by atoms with Crippen molar-refractivity contribution in [3.8, 4) is 0 Å². The highest BCUT2D eigenvalue weighted by atomic mass is 16.7. The predicted octanol–water partition coefficient (Wildman–Crippen LogP) is 1.75. The van der Waals surface area contributed by atoms with E-state index in [1.165, 1.54) is 13.4 Å². The maximum atomic E-state index is 11.7. The quantitative estimate of drug-likeness (QED) is 0.691. The monoisotopic (exact) mass is 206 g/mol. The molecule has 1 aliphatic rings. The van der Waals surface area contributed by atoms with E-state index in [1.54, 1.807) is 30.5 Å². The first-order valence-electron chi connectivity index (χ1n) is 4.45. The standard InChI is InChI=1S/C11H10O4/c1-13-11-10(12)8(4-6-15-11)7-9-3-2-5-14-9/h2-7,11H,1H3/b8-7+. The molecule has 1 unspecified atom stereocenters. The smallest absolute Gasteiger partial charge is 0.263 e. The van der Waals surface area contributed by atoms with Crippen LogP contribution in [0.1, 0.15) is 5.76 Å². The highest BCUT2D eigenvalue weighted by Crippen LogP contribution is 2.16. The summed E-state index contributed by atoms with van der Waals surface area (Å²) in [5, 5.41) is 0. The van der Waals surface area contributed by atoms with Gasteiger partial charge < -0.3 is 13.9 Å². The van der Waals surface area contributed by atoms with Crippen molar-refractivity contribution in [2.45, 2.75) is 6.29 Å². The van der Waals surface area contributed by atoms with Gasteiger partial charge in [0.25, 0.3) is 6.29 Å². The Balaban J connectivity index is 2.26. The second-order valence-corrected chi connectivity index (χ2v) is 2.99. The minimum Gasteiger partial charge on any atom is -0.465 e. The second kappa shape index (κ2) is 4.14. The summed E-state index contributed by atoms with van der Waals surface area (Å²) in [4.78, 5) is 11.7. The number of hydrogen-bond acceptors (Lipinski definition) is 4. The van der Waals surface area contributed by atoms with E-state index in [9.17, 15) is 4.79 Å². The van der Waals surface area contributed by atoms with Crippen LogP contribution in [0.25, 0.3) is 6.08 Å². The lowest BCUT2D eigenvalue weighted by atomic mass is 10.1. The van der Waals surface area contributed by atoms with Crippen molar-refractivity contribution in [2.75, 3.05) is 7.11 Å². The molecule has 0 N–H and O–H groups in total. The maximum Gasteiger partial charge on any atom is 0.263 e. The van der Waals surface area contributed by atoms with Gasteiger partial charge in [-0.3, -0.25) is 4.79 Å². The van der Waals surface area contributed by atoms with Crippen molar-refractivity contribution in [1.82, 2.24) is 0 Å². The van der Waals surface area contributed by atoms with Crippen molar-refractivity contribution in [3.05, 3.63) is 42.1 Å². The zero-order valence-corrected chi connectivity index (χ0v) is 8.17. The third-order valence-corrected chi connectivity index (χ3v) is 2.00. The average Bonchev–Trinajstić information content (AvgIpc) is 2.74. The number of hydrogen-bond donors (Lipinski definition) is 0. The molecule has 78 valence electrons. The number of Topliss-reactive ketones (excluding diaryl/α,β-unsaturated/α-hetero) is 1. The van der Waals surface area contributed by atoms with Gasteiger partial charge in [0.15, 0.2) is 0 Å². The fraction of sp³-hybridized carbons (Fsp3) is 0.182. The number of rotatable bonds is 2. The van der Waals surface area contributed by atoms with Crippen LogP contribution in [-0.2, 0) is 14.3 Å². The molecule has 0 aromatic carbocycles. The number of furan rings is 1. The van der Waals surface area contributed by atoms with Gasteiger partial charge >= 0.3 is 0 Å². The lowest BCUT2D eigenvalue weighted by Gasteiger charge is -2.17. The number of allylic oxidation sites excluding steroid dienone is 1. The molecule has 0 radical (unpaired) electrons. The number of carbonyl (C=O) groups is 1. The van der Waals surface area contributed by atoms with Gasteiger partial charge in [0.2, 0.25) is 5.78 Å². The summed E-state index contributed by atoms with van der Waals surface area (Å²) in [5.41, 5.74) is 0.503. The Morgan fingerprint density at radius 3 is 3.07 bits per heavy atom. The van der Waals surface area contributed by atoms with Crippen molar-refractivity contribution in [3.63, 3.8) is 0 Å². The number of ketones is 1. The Morgan fingerprint density at radius 2 is 2.40 bits per heavy atom. The van der Waals surface area contributed by atoms with Crippen LogP contribution < -0.4 is 0 Å². The third-order valence-electron chi connectivity index (χ3n) is 2.00. The van der Waals surface area contributed by atoms with E-state index < -0.39 is 6.29 Å². The first-order chi connectivity index (χ1) is 7.31. The lowest BCUT2D eigenvalue weighted by Crippen LogP contribution is -2.28. The molecule has 2 rings (SSSR count). The predicted molar refractivity (Wildman–Crippen MR) is 52.7 cm³/mol. The van der Waals surface area contributed by atoms with E-state index >= 15 is 0 Å². The maximum absolute atomic E-state index is 11.7. The molecule has 4 heteroatoms. The molecular formula is C11H10O4. The van der Waals surface area contributed by atoms with Gasteiger partial charge in [-0.1, -0.05) is 0 Å². The zero-order chi connectivity index (χ0) is 10.7. The van der Waals surface area contributed by atoms with Crippen molar-refractivity contribution < 1.29 is 18.7 Å². The zero-order valence-electron chi connectivity index (χ0n) is 8.17. The molecule has 15 heavy (non-hydrogen) atoms. The normalized spacial score (nSPS) is 23.1. The fourth-order valence-corrected chi connectivity index (χ4v) is 1.27. The number of methoxy groups -OCH3 is 1. The van der Waals surface area contributed by atoms with Crippen LogP contribution in [0.4, 0.5) is 0 Å². The Kier molecular flexibility index (Phi) is 2.69. The van der Waals surface area contributed by atoms with Crippen molar-refractivity contribution >= 4 is 11.9 Å². The summed E-state index contributed by atoms with van der Waals surface area (Å²) in [6, 6.07) is 3.53. The SMILES string of the molecule is COC1OC=C/C(=C\c2ccco2)C1=O. The molecule has 0 saturated heterocycles. The topological polar surface area (TPSA) is 48.7 Å². The Morgan fingerprint density at radius 1 is 1.53 bits per heavy atom. The van der Waals surface area contributed by atoms with Crippen LogP contribution in [0.5, 0.6) is 0 Å². The van der Waals surface area contributed by atoms with Gasteiger partial charge in [-0.2, -0.15) is 0 Å². The molecule has 1 aromatic heterocycles. The summed E-state index contributed by atoms with van der Waals surface area (Å²) in [6.07, 6.45) is 5.36. The van der Waals surface area contributed by atoms with Crippen LogP contribution in [-0.4, -0.2) is 19.2 Å². The molecule has 2 heterocycles. The molecule has 1 aliphatic heterocycles. The molecule has 0 spiro atoms. The van der Waals surface area contributed by atoms with Crippen molar-refractivity contribution in [1.29, 1.82) is 0 Å². The Bertz CT molecular complexity index is 400. The summed E-state index contributed by atoms with van der Waals surface area (Å²) in [6.45, 7) is 0. The number of ether oxygens (including phenoxy) is 2. The van der Waals surface area contributed by atoms with Crippen molar-refractivity contribution in [2.24, 2.45) is 0 Å². The minimum absolute atomic E-state index is 0.212. The Labute approximate surface area is 86.8 Å². The van der Waals surface area contributed by atoms with E-state index in [0.717, 1.165) is 0 Å². The average molecular weight is 206 g/mol. The summed E-state index contributed by atoms with van der Waals surface area (Å²) >= 11 is 0. The summed E-state index contributed by atoms with van der Waals surface area (Å²) in [5.74, 6) is 0.413. The van der Waals surface area contributed by atoms with Gasteiger partial charge in [-0.15, -0.1) is 0 Å². The van der Waals surface area contributed by atoms with Crippen LogP contribution in [0.15, 0.2) is 40.7 Å². The first kappa shape index (κ1) is 9.73. The third kappa shape index (κ3) is 1.99. The van der Waals surface area contributed by atoms with E-state index in [2.05, 4.69) is 0 Å². The van der Waals surface area contributed by atoms with Gasteiger partial charge in [0.1, 0.15) is 5.76 Å². The first-order valence-corrected chi connectivity index (χ1v) is 4.45. The molecule has 0 amide bonds. The summed E-state index contributed by atoms with van der Waals surface area (Å²) in [7, 11) is 1.42. The van der Waals surface area contributed by atoms with E-state index in [-0.39, 0.29) is 5.78 Å². The van der Waals surface area contributed by atoms with Gasteiger partial charge in [-0.25, -0.2) is 0 Å². The van der Waals surface area contributed by atoms with Crippen LogP contribution in [0.3, 0.4) is 0 Å². The lowest BCUT2D eigenvalue weighted by molar-refractivity contribution is -0.148. The van der Waals surface area contributed by atoms with Crippen LogP contribution in [0.2, 0.25) is 0 Å². The van der Waals surface area contributed by atoms with E-state index in [4.69, 9.17) is 13.9 Å². The molecule has 1 atom stereocenters. The van der Waals surface area contributed by atoms with E-state index in [1.807, 2.05) is 0 Å². The van der Waals surface area contributed by atoms with Crippen LogP contribution >= 0.6 is 0 Å².